The Morgan fingerprint density at radius 1 is 1.40 bits per heavy atom. The van der Waals surface area contributed by atoms with Crippen molar-refractivity contribution in [1.29, 1.82) is 0 Å². The minimum Gasteiger partial charge on any atom is -0.392 e. The summed E-state index contributed by atoms with van der Waals surface area (Å²) in [7, 11) is -2.34. The fraction of sp³-hybridized carbons (Fsp3) is 0.538. The van der Waals surface area contributed by atoms with E-state index in [-0.39, 0.29) is 15.5 Å². The molecule has 0 aliphatic heterocycles. The number of aliphatic hydroxyl groups excluding tert-OH is 1. The van der Waals surface area contributed by atoms with Gasteiger partial charge in [-0.05, 0) is 24.5 Å². The van der Waals surface area contributed by atoms with E-state index in [2.05, 4.69) is 0 Å². The third-order valence-electron chi connectivity index (χ3n) is 2.98. The minimum absolute atomic E-state index is 0.0579. The van der Waals surface area contributed by atoms with Crippen LogP contribution in [-0.2, 0) is 16.6 Å². The van der Waals surface area contributed by atoms with E-state index >= 15 is 0 Å². The maximum atomic E-state index is 13.6. The van der Waals surface area contributed by atoms with Crippen molar-refractivity contribution in [3.8, 4) is 0 Å². The lowest BCUT2D eigenvalue weighted by molar-refractivity contribution is 0.281. The Hall–Kier alpha value is -0.690. The molecule has 0 heterocycles. The summed E-state index contributed by atoms with van der Waals surface area (Å²) in [5.41, 5.74) is 0.0579. The van der Waals surface area contributed by atoms with Crippen LogP contribution in [0.25, 0.3) is 0 Å². The summed E-state index contributed by atoms with van der Waals surface area (Å²) in [6.07, 6.45) is 0.707. The van der Waals surface area contributed by atoms with Crippen LogP contribution >= 0.6 is 11.6 Å². The molecule has 0 saturated carbocycles. The Balaban J connectivity index is 3.12. The fourth-order valence-corrected chi connectivity index (χ4v) is 3.04. The van der Waals surface area contributed by atoms with Gasteiger partial charge in [0, 0.05) is 19.2 Å². The quantitative estimate of drug-likeness (QED) is 0.875. The fourth-order valence-electron chi connectivity index (χ4n) is 1.62. The van der Waals surface area contributed by atoms with Crippen molar-refractivity contribution >= 4 is 21.6 Å². The van der Waals surface area contributed by atoms with Gasteiger partial charge in [0.25, 0.3) is 0 Å². The topological polar surface area (TPSA) is 57.6 Å². The Kier molecular flexibility index (Phi) is 5.94. The molecule has 0 aliphatic carbocycles. The summed E-state index contributed by atoms with van der Waals surface area (Å²) in [5, 5.41) is 8.83. The van der Waals surface area contributed by atoms with Crippen LogP contribution in [0.4, 0.5) is 4.39 Å². The van der Waals surface area contributed by atoms with Crippen molar-refractivity contribution < 1.29 is 17.9 Å². The van der Waals surface area contributed by atoms with Crippen molar-refractivity contribution in [1.82, 2.24) is 4.31 Å². The molecule has 4 nitrogen and oxygen atoms in total. The molecule has 1 N–H and O–H groups in total. The van der Waals surface area contributed by atoms with E-state index in [1.165, 1.54) is 17.4 Å². The highest BCUT2D eigenvalue weighted by atomic mass is 35.5. The molecule has 7 heteroatoms. The van der Waals surface area contributed by atoms with Crippen LogP contribution in [-0.4, -0.2) is 31.4 Å². The van der Waals surface area contributed by atoms with Gasteiger partial charge >= 0.3 is 0 Å². The van der Waals surface area contributed by atoms with Gasteiger partial charge in [-0.25, -0.2) is 17.1 Å². The van der Waals surface area contributed by atoms with Gasteiger partial charge in [-0.15, -0.1) is 0 Å². The summed E-state index contributed by atoms with van der Waals surface area (Å²) in [4.78, 5) is -0.199. The first-order chi connectivity index (χ1) is 9.20. The SMILES string of the molecule is CC(C)CCN(C)S(=O)(=O)c1cc(F)c(Cl)c(CO)c1. The van der Waals surface area contributed by atoms with Gasteiger partial charge in [0.15, 0.2) is 0 Å². The Morgan fingerprint density at radius 2 is 2.00 bits per heavy atom. The van der Waals surface area contributed by atoms with Crippen molar-refractivity contribution in [2.45, 2.75) is 31.8 Å². The predicted octanol–water partition coefficient (Wildman–Crippen LogP) is 2.64. The average molecular weight is 324 g/mol. The normalized spacial score (nSPS) is 12.4. The second-order valence-corrected chi connectivity index (χ2v) is 7.47. The lowest BCUT2D eigenvalue weighted by Crippen LogP contribution is -2.29. The summed E-state index contributed by atoms with van der Waals surface area (Å²) in [6.45, 7) is 3.81. The van der Waals surface area contributed by atoms with Gasteiger partial charge in [-0.1, -0.05) is 25.4 Å². The molecule has 0 atom stereocenters. The number of benzene rings is 1. The van der Waals surface area contributed by atoms with Crippen molar-refractivity contribution in [2.75, 3.05) is 13.6 Å². The van der Waals surface area contributed by atoms with Crippen molar-refractivity contribution in [3.05, 3.63) is 28.5 Å². The van der Waals surface area contributed by atoms with Crippen molar-refractivity contribution in [2.24, 2.45) is 5.92 Å². The molecule has 0 radical (unpaired) electrons. The van der Waals surface area contributed by atoms with Gasteiger partial charge in [0.1, 0.15) is 5.82 Å². The Morgan fingerprint density at radius 3 is 2.50 bits per heavy atom. The molecule has 0 unspecified atom stereocenters. The maximum Gasteiger partial charge on any atom is 0.242 e. The zero-order chi connectivity index (χ0) is 15.5. The molecule has 0 aromatic heterocycles. The highest BCUT2D eigenvalue weighted by Crippen LogP contribution is 2.26. The number of halogens is 2. The first kappa shape index (κ1) is 17.4. The summed E-state index contributed by atoms with van der Waals surface area (Å²) >= 11 is 5.65. The highest BCUT2D eigenvalue weighted by molar-refractivity contribution is 7.89. The zero-order valence-electron chi connectivity index (χ0n) is 11.7. The summed E-state index contributed by atoms with van der Waals surface area (Å²) < 4.78 is 39.4. The van der Waals surface area contributed by atoms with Gasteiger partial charge < -0.3 is 5.11 Å². The number of hydrogen-bond donors (Lipinski definition) is 1. The lowest BCUT2D eigenvalue weighted by atomic mass is 10.1. The molecule has 1 aromatic rings. The van der Waals surface area contributed by atoms with Crippen molar-refractivity contribution in [3.63, 3.8) is 0 Å². The van der Waals surface area contributed by atoms with Gasteiger partial charge in [0.05, 0.1) is 16.5 Å². The Labute approximate surface area is 124 Å². The molecule has 1 rings (SSSR count). The van der Waals surface area contributed by atoms with Crippen LogP contribution in [0.1, 0.15) is 25.8 Å². The van der Waals surface area contributed by atoms with Crippen LogP contribution in [0.15, 0.2) is 17.0 Å². The summed E-state index contributed by atoms with van der Waals surface area (Å²) in [5.74, 6) is -0.489. The van der Waals surface area contributed by atoms with Gasteiger partial charge in [0.2, 0.25) is 10.0 Å². The van der Waals surface area contributed by atoms with Crippen LogP contribution < -0.4 is 0 Å². The number of sulfonamides is 1. The molecule has 0 saturated heterocycles. The molecule has 0 fully saturated rings. The van der Waals surface area contributed by atoms with E-state index in [0.717, 1.165) is 6.07 Å². The van der Waals surface area contributed by atoms with Gasteiger partial charge in [-0.3, -0.25) is 0 Å². The number of rotatable bonds is 6. The molecule has 20 heavy (non-hydrogen) atoms. The first-order valence-electron chi connectivity index (χ1n) is 6.25. The summed E-state index contributed by atoms with van der Waals surface area (Å²) in [6, 6.07) is 2.08. The zero-order valence-corrected chi connectivity index (χ0v) is 13.3. The number of hydrogen-bond acceptors (Lipinski definition) is 3. The van der Waals surface area contributed by atoms with E-state index in [0.29, 0.717) is 18.9 Å². The highest BCUT2D eigenvalue weighted by Gasteiger charge is 2.23. The van der Waals surface area contributed by atoms with Gasteiger partial charge in [-0.2, -0.15) is 0 Å². The molecule has 0 amide bonds. The molecular formula is C13H19ClFNO3S. The van der Waals surface area contributed by atoms with E-state index in [9.17, 15) is 12.8 Å². The van der Waals surface area contributed by atoms with E-state index in [1.54, 1.807) is 0 Å². The van der Waals surface area contributed by atoms with E-state index in [4.69, 9.17) is 16.7 Å². The average Bonchev–Trinajstić information content (AvgIpc) is 2.38. The second-order valence-electron chi connectivity index (χ2n) is 5.05. The third kappa shape index (κ3) is 3.91. The van der Waals surface area contributed by atoms with Crippen LogP contribution in [0.2, 0.25) is 5.02 Å². The predicted molar refractivity (Wildman–Crippen MR) is 76.6 cm³/mol. The number of nitrogens with zero attached hydrogens (tertiary/aromatic N) is 1. The Bertz CT molecular complexity index is 575. The minimum atomic E-state index is -3.78. The van der Waals surface area contributed by atoms with Crippen LogP contribution in [0.5, 0.6) is 0 Å². The first-order valence-corrected chi connectivity index (χ1v) is 8.07. The molecule has 0 spiro atoms. The molecule has 114 valence electrons. The molecule has 0 bridgehead atoms. The molecular weight excluding hydrogens is 305 g/mol. The van der Waals surface area contributed by atoms with Crippen LogP contribution in [0.3, 0.4) is 0 Å². The second kappa shape index (κ2) is 6.85. The van der Waals surface area contributed by atoms with E-state index in [1.807, 2.05) is 13.8 Å². The maximum absolute atomic E-state index is 13.6. The lowest BCUT2D eigenvalue weighted by Gasteiger charge is -2.19. The molecule has 1 aromatic carbocycles. The smallest absolute Gasteiger partial charge is 0.242 e. The largest absolute Gasteiger partial charge is 0.392 e. The third-order valence-corrected chi connectivity index (χ3v) is 5.23. The van der Waals surface area contributed by atoms with E-state index < -0.39 is 22.4 Å². The monoisotopic (exact) mass is 323 g/mol. The number of aliphatic hydroxyl groups is 1. The molecule has 0 aliphatic rings. The van der Waals surface area contributed by atoms with Crippen LogP contribution in [0, 0.1) is 11.7 Å². The standard InChI is InChI=1S/C13H19ClFNO3S/c1-9(2)4-5-16(3)20(18,19)11-6-10(8-17)13(14)12(15)7-11/h6-7,9,17H,4-5,8H2,1-3H3.